The molecule has 0 aromatic heterocycles. The van der Waals surface area contributed by atoms with Crippen LogP contribution < -0.4 is 4.72 Å². The van der Waals surface area contributed by atoms with Gasteiger partial charge in [0.05, 0.1) is 29.7 Å². The molecule has 118 valence electrons. The van der Waals surface area contributed by atoms with Crippen LogP contribution >= 0.6 is 0 Å². The van der Waals surface area contributed by atoms with Gasteiger partial charge in [-0.2, -0.15) is 0 Å². The molecule has 0 amide bonds. The predicted molar refractivity (Wildman–Crippen MR) is 70.6 cm³/mol. The first kappa shape index (κ1) is 17.4. The standard InChI is InChI=1S/C11H15FN2O6S/c1-2-11(6-15,7-16)13-21(19,20)10-4-3-8(14(17)18)5-9(10)12/h3-5,13,15-16H,2,6-7H2,1H3. The van der Waals surface area contributed by atoms with E-state index in [0.29, 0.717) is 6.07 Å². The van der Waals surface area contributed by atoms with Gasteiger partial charge >= 0.3 is 0 Å². The van der Waals surface area contributed by atoms with Crippen LogP contribution in [0.4, 0.5) is 10.1 Å². The van der Waals surface area contributed by atoms with E-state index in [1.807, 2.05) is 4.72 Å². The molecule has 0 aliphatic rings. The summed E-state index contributed by atoms with van der Waals surface area (Å²) in [6.07, 6.45) is 0.0633. The fourth-order valence-corrected chi connectivity index (χ4v) is 3.09. The molecule has 1 aromatic rings. The Morgan fingerprint density at radius 3 is 2.33 bits per heavy atom. The number of hydrogen-bond acceptors (Lipinski definition) is 6. The molecule has 3 N–H and O–H groups in total. The number of aliphatic hydroxyl groups is 2. The van der Waals surface area contributed by atoms with Crippen molar-refractivity contribution in [2.75, 3.05) is 13.2 Å². The summed E-state index contributed by atoms with van der Waals surface area (Å²) in [4.78, 5) is 8.83. The molecule has 0 aliphatic heterocycles. The van der Waals surface area contributed by atoms with Crippen molar-refractivity contribution in [2.24, 2.45) is 0 Å². The van der Waals surface area contributed by atoms with Crippen molar-refractivity contribution in [1.29, 1.82) is 0 Å². The second-order valence-corrected chi connectivity index (χ2v) is 6.08. The Hall–Kier alpha value is -1.62. The van der Waals surface area contributed by atoms with Gasteiger partial charge in [-0.15, -0.1) is 0 Å². The summed E-state index contributed by atoms with van der Waals surface area (Å²) in [6, 6.07) is 2.09. The molecule has 0 fully saturated rings. The zero-order chi connectivity index (χ0) is 16.3. The van der Waals surface area contributed by atoms with Crippen LogP contribution in [0.2, 0.25) is 0 Å². The maximum Gasteiger partial charge on any atom is 0.272 e. The van der Waals surface area contributed by atoms with E-state index in [1.165, 1.54) is 6.92 Å². The third kappa shape index (κ3) is 3.73. The first-order chi connectivity index (χ1) is 9.71. The van der Waals surface area contributed by atoms with Gasteiger partial charge in [0, 0.05) is 6.07 Å². The highest BCUT2D eigenvalue weighted by Crippen LogP contribution is 2.22. The van der Waals surface area contributed by atoms with E-state index in [-0.39, 0.29) is 6.42 Å². The maximum absolute atomic E-state index is 13.7. The molecule has 8 nitrogen and oxygen atoms in total. The summed E-state index contributed by atoms with van der Waals surface area (Å²) in [6.45, 7) is 0.156. The highest BCUT2D eigenvalue weighted by atomic mass is 32.2. The smallest absolute Gasteiger partial charge is 0.272 e. The van der Waals surface area contributed by atoms with Gasteiger partial charge in [0.2, 0.25) is 10.0 Å². The highest BCUT2D eigenvalue weighted by Gasteiger charge is 2.34. The Labute approximate surface area is 120 Å². The van der Waals surface area contributed by atoms with Gasteiger partial charge in [0.25, 0.3) is 5.69 Å². The molecule has 0 saturated heterocycles. The number of non-ortho nitro benzene ring substituents is 1. The molecule has 1 rings (SSSR count). The van der Waals surface area contributed by atoms with Crippen LogP contribution in [-0.2, 0) is 10.0 Å². The third-order valence-corrected chi connectivity index (χ3v) is 4.66. The van der Waals surface area contributed by atoms with E-state index in [2.05, 4.69) is 0 Å². The zero-order valence-electron chi connectivity index (χ0n) is 11.1. The molecule has 0 aliphatic carbocycles. The Bertz CT molecular complexity index is 621. The molecular formula is C11H15FN2O6S. The monoisotopic (exact) mass is 322 g/mol. The third-order valence-electron chi connectivity index (χ3n) is 3.05. The van der Waals surface area contributed by atoms with Crippen LogP contribution in [0.1, 0.15) is 13.3 Å². The van der Waals surface area contributed by atoms with Crippen molar-refractivity contribution in [3.8, 4) is 0 Å². The van der Waals surface area contributed by atoms with Gasteiger partial charge in [-0.05, 0) is 12.5 Å². The Morgan fingerprint density at radius 1 is 1.38 bits per heavy atom. The Morgan fingerprint density at radius 2 is 1.95 bits per heavy atom. The van der Waals surface area contributed by atoms with Crippen LogP contribution in [0.5, 0.6) is 0 Å². The van der Waals surface area contributed by atoms with E-state index in [9.17, 15) is 33.1 Å². The van der Waals surface area contributed by atoms with Crippen LogP contribution in [0, 0.1) is 15.9 Å². The lowest BCUT2D eigenvalue weighted by Gasteiger charge is -2.29. The first-order valence-corrected chi connectivity index (χ1v) is 7.39. The summed E-state index contributed by atoms with van der Waals surface area (Å²) < 4.78 is 39.9. The average molecular weight is 322 g/mol. The fourth-order valence-electron chi connectivity index (χ4n) is 1.57. The van der Waals surface area contributed by atoms with Gasteiger partial charge in [0.1, 0.15) is 10.7 Å². The second-order valence-electron chi connectivity index (χ2n) is 4.43. The van der Waals surface area contributed by atoms with Crippen molar-refractivity contribution in [3.05, 3.63) is 34.1 Å². The molecule has 1 aromatic carbocycles. The lowest BCUT2D eigenvalue weighted by Crippen LogP contribution is -2.53. The number of benzene rings is 1. The van der Waals surface area contributed by atoms with Gasteiger partial charge in [-0.1, -0.05) is 6.92 Å². The van der Waals surface area contributed by atoms with Crippen LogP contribution in [-0.4, -0.2) is 42.3 Å². The van der Waals surface area contributed by atoms with Crippen molar-refractivity contribution < 1.29 is 27.9 Å². The maximum atomic E-state index is 13.7. The lowest BCUT2D eigenvalue weighted by molar-refractivity contribution is -0.385. The minimum atomic E-state index is -4.39. The summed E-state index contributed by atoms with van der Waals surface area (Å²) in [5.74, 6) is -1.29. The van der Waals surface area contributed by atoms with Gasteiger partial charge < -0.3 is 10.2 Å². The van der Waals surface area contributed by atoms with Crippen molar-refractivity contribution in [1.82, 2.24) is 4.72 Å². The number of halogens is 1. The number of hydrogen-bond donors (Lipinski definition) is 3. The quantitative estimate of drug-likeness (QED) is 0.484. The van der Waals surface area contributed by atoms with Gasteiger partial charge in [0.15, 0.2) is 0 Å². The van der Waals surface area contributed by atoms with Crippen molar-refractivity contribution >= 4 is 15.7 Å². The van der Waals surface area contributed by atoms with E-state index >= 15 is 0 Å². The Balaban J connectivity index is 3.23. The highest BCUT2D eigenvalue weighted by molar-refractivity contribution is 7.89. The number of nitrogens with zero attached hydrogens (tertiary/aromatic N) is 1. The van der Waals surface area contributed by atoms with E-state index in [4.69, 9.17) is 0 Å². The molecule has 0 heterocycles. The van der Waals surface area contributed by atoms with Crippen LogP contribution in [0.3, 0.4) is 0 Å². The Kier molecular flexibility index (Phi) is 5.34. The minimum absolute atomic E-state index is 0.0633. The molecule has 0 atom stereocenters. The lowest BCUT2D eigenvalue weighted by atomic mass is 10.0. The second kappa shape index (κ2) is 6.43. The summed E-state index contributed by atoms with van der Waals surface area (Å²) in [5, 5.41) is 28.9. The van der Waals surface area contributed by atoms with Gasteiger partial charge in [-0.25, -0.2) is 17.5 Å². The summed E-state index contributed by atoms with van der Waals surface area (Å²) >= 11 is 0. The normalized spacial score (nSPS) is 12.4. The minimum Gasteiger partial charge on any atom is -0.394 e. The number of nitro groups is 1. The van der Waals surface area contributed by atoms with Crippen molar-refractivity contribution in [2.45, 2.75) is 23.8 Å². The molecule has 0 spiro atoms. The summed E-state index contributed by atoms with van der Waals surface area (Å²) in [7, 11) is -4.39. The number of rotatable bonds is 7. The molecule has 0 bridgehead atoms. The van der Waals surface area contributed by atoms with Gasteiger partial charge in [-0.3, -0.25) is 10.1 Å². The average Bonchev–Trinajstić information content (AvgIpc) is 2.44. The number of nitrogens with one attached hydrogen (secondary N) is 1. The number of sulfonamides is 1. The van der Waals surface area contributed by atoms with Crippen LogP contribution in [0.25, 0.3) is 0 Å². The molecule has 21 heavy (non-hydrogen) atoms. The van der Waals surface area contributed by atoms with E-state index < -0.39 is 50.1 Å². The molecule has 0 unspecified atom stereocenters. The van der Waals surface area contributed by atoms with E-state index in [1.54, 1.807) is 0 Å². The SMILES string of the molecule is CCC(CO)(CO)NS(=O)(=O)c1ccc([N+](=O)[O-])cc1F. The largest absolute Gasteiger partial charge is 0.394 e. The first-order valence-electron chi connectivity index (χ1n) is 5.91. The van der Waals surface area contributed by atoms with Crippen molar-refractivity contribution in [3.63, 3.8) is 0 Å². The molecule has 10 heteroatoms. The van der Waals surface area contributed by atoms with E-state index in [0.717, 1.165) is 12.1 Å². The zero-order valence-corrected chi connectivity index (χ0v) is 11.9. The summed E-state index contributed by atoms with van der Waals surface area (Å²) in [5.41, 5.74) is -2.12. The van der Waals surface area contributed by atoms with Crippen LogP contribution in [0.15, 0.2) is 23.1 Å². The number of aliphatic hydroxyl groups excluding tert-OH is 2. The topological polar surface area (TPSA) is 130 Å². The molecular weight excluding hydrogens is 307 g/mol. The molecule has 0 radical (unpaired) electrons. The molecule has 0 saturated carbocycles. The fraction of sp³-hybridized carbons (Fsp3) is 0.455. The number of nitro benzene ring substituents is 1. The predicted octanol–water partition coefficient (Wildman–Crippen LogP) is 0.146.